The standard InChI is InChI=1S/C50H73FO11/c1-8-15-22-54-36-31-39(55-23-16-9-2)37-33-44(47(61-40(37)32-36)35-29-41(56-24-17-10-3)46(52)42(30-35)57-25-18-11-4)62-50(53)38-34-43(58-26-19-12-5)48(59-27-20-13-6)49(45(38)51)60-28-21-14-7/h29-32,34,44,47,52H,8-28,33H2,1-7H3/t44-,47+/m1/s1. The van der Waals surface area contributed by atoms with Gasteiger partial charge in [-0.25, -0.2) is 9.18 Å². The van der Waals surface area contributed by atoms with Gasteiger partial charge >= 0.3 is 5.97 Å². The maximum Gasteiger partial charge on any atom is 0.341 e. The highest BCUT2D eigenvalue weighted by Crippen LogP contribution is 2.48. The summed E-state index contributed by atoms with van der Waals surface area (Å²) < 4.78 is 73.2. The number of esters is 1. The number of phenols is 1. The van der Waals surface area contributed by atoms with E-state index in [2.05, 4.69) is 27.7 Å². The zero-order valence-corrected chi connectivity index (χ0v) is 38.5. The minimum absolute atomic E-state index is 0.126. The lowest BCUT2D eigenvalue weighted by atomic mass is 9.93. The lowest BCUT2D eigenvalue weighted by molar-refractivity contribution is -0.0194. The monoisotopic (exact) mass is 869 g/mol. The molecule has 0 aromatic heterocycles. The Morgan fingerprint density at radius 2 is 1.03 bits per heavy atom. The number of ether oxygens (including phenoxy) is 9. The largest absolute Gasteiger partial charge is 0.502 e. The van der Waals surface area contributed by atoms with E-state index in [-0.39, 0.29) is 53.1 Å². The van der Waals surface area contributed by atoms with E-state index in [0.717, 1.165) is 83.5 Å². The zero-order chi connectivity index (χ0) is 44.7. The number of hydrogen-bond acceptors (Lipinski definition) is 11. The number of rotatable bonds is 31. The molecule has 62 heavy (non-hydrogen) atoms. The van der Waals surface area contributed by atoms with Gasteiger partial charge in [0.1, 0.15) is 28.9 Å². The van der Waals surface area contributed by atoms with Gasteiger partial charge in [0.15, 0.2) is 29.2 Å². The van der Waals surface area contributed by atoms with Gasteiger partial charge in [0.05, 0.1) is 46.2 Å². The number of unbranched alkanes of at least 4 members (excludes halogenated alkanes) is 7. The first kappa shape index (κ1) is 49.9. The summed E-state index contributed by atoms with van der Waals surface area (Å²) in [7, 11) is 0. The molecule has 0 radical (unpaired) electrons. The highest BCUT2D eigenvalue weighted by molar-refractivity contribution is 5.92. The van der Waals surface area contributed by atoms with Gasteiger partial charge in [0.25, 0.3) is 0 Å². The van der Waals surface area contributed by atoms with Crippen LogP contribution in [0.1, 0.15) is 166 Å². The van der Waals surface area contributed by atoms with Crippen molar-refractivity contribution in [2.45, 2.75) is 157 Å². The van der Waals surface area contributed by atoms with Crippen LogP contribution in [0.25, 0.3) is 0 Å². The highest BCUT2D eigenvalue weighted by Gasteiger charge is 2.39. The fraction of sp³-hybridized carbons (Fsp3) is 0.620. The summed E-state index contributed by atoms with van der Waals surface area (Å²) in [6.45, 7) is 17.0. The first-order valence-corrected chi connectivity index (χ1v) is 23.4. The number of fused-ring (bicyclic) bond motifs is 1. The number of carbonyl (C=O) groups excluding carboxylic acids is 1. The van der Waals surface area contributed by atoms with Crippen molar-refractivity contribution in [3.8, 4) is 51.7 Å². The third-order valence-corrected chi connectivity index (χ3v) is 10.4. The van der Waals surface area contributed by atoms with E-state index in [9.17, 15) is 9.90 Å². The van der Waals surface area contributed by atoms with Crippen LogP contribution in [0.2, 0.25) is 0 Å². The maximum absolute atomic E-state index is 16.9. The fourth-order valence-electron chi connectivity index (χ4n) is 6.60. The third kappa shape index (κ3) is 14.4. The molecule has 0 spiro atoms. The van der Waals surface area contributed by atoms with Crippen molar-refractivity contribution in [1.29, 1.82) is 0 Å². The van der Waals surface area contributed by atoms with Crippen molar-refractivity contribution < 1.29 is 56.9 Å². The van der Waals surface area contributed by atoms with Crippen LogP contribution in [0.5, 0.6) is 51.7 Å². The summed E-state index contributed by atoms with van der Waals surface area (Å²) in [5, 5.41) is 11.3. The molecule has 1 aliphatic rings. The Labute approximate surface area is 369 Å². The predicted octanol–water partition coefficient (Wildman–Crippen LogP) is 12.7. The molecule has 3 aromatic carbocycles. The average molecular weight is 869 g/mol. The smallest absolute Gasteiger partial charge is 0.341 e. The lowest BCUT2D eigenvalue weighted by Gasteiger charge is -2.35. The van der Waals surface area contributed by atoms with Crippen molar-refractivity contribution in [3.63, 3.8) is 0 Å². The minimum atomic E-state index is -1.01. The summed E-state index contributed by atoms with van der Waals surface area (Å²) in [5.74, 6) is 0.279. The van der Waals surface area contributed by atoms with Gasteiger partial charge in [-0.3, -0.25) is 0 Å². The van der Waals surface area contributed by atoms with E-state index in [1.54, 1.807) is 12.1 Å². The van der Waals surface area contributed by atoms with Gasteiger partial charge in [0, 0.05) is 35.7 Å². The van der Waals surface area contributed by atoms with Crippen LogP contribution < -0.4 is 37.9 Å². The Hall–Kier alpha value is -4.74. The molecule has 0 unspecified atom stereocenters. The number of halogens is 1. The highest BCUT2D eigenvalue weighted by atomic mass is 19.1. The van der Waals surface area contributed by atoms with Crippen LogP contribution in [-0.2, 0) is 11.2 Å². The molecule has 0 aliphatic carbocycles. The Morgan fingerprint density at radius 1 is 0.581 bits per heavy atom. The van der Waals surface area contributed by atoms with E-state index >= 15 is 4.39 Å². The van der Waals surface area contributed by atoms with Crippen LogP contribution in [-0.4, -0.2) is 63.4 Å². The van der Waals surface area contributed by atoms with Crippen LogP contribution in [0.15, 0.2) is 30.3 Å². The quantitative estimate of drug-likeness (QED) is 0.0491. The summed E-state index contributed by atoms with van der Waals surface area (Å²) in [6.07, 6.45) is 9.84. The summed E-state index contributed by atoms with van der Waals surface area (Å²) in [5.41, 5.74) is 0.859. The van der Waals surface area contributed by atoms with Gasteiger partial charge < -0.3 is 47.7 Å². The normalized spacial score (nSPS) is 14.4. The third-order valence-electron chi connectivity index (χ3n) is 10.4. The molecule has 0 fully saturated rings. The Bertz CT molecular complexity index is 1770. The van der Waals surface area contributed by atoms with Gasteiger partial charge in [-0.1, -0.05) is 93.4 Å². The molecule has 2 atom stereocenters. The Kier molecular flexibility index (Phi) is 22.0. The summed E-state index contributed by atoms with van der Waals surface area (Å²) in [6, 6.07) is 8.42. The second kappa shape index (κ2) is 27.3. The second-order valence-corrected chi connectivity index (χ2v) is 15.8. The van der Waals surface area contributed by atoms with E-state index in [0.29, 0.717) is 74.4 Å². The molecular weight excluding hydrogens is 796 g/mol. The van der Waals surface area contributed by atoms with Gasteiger partial charge in [0.2, 0.25) is 17.2 Å². The molecule has 12 heteroatoms. The van der Waals surface area contributed by atoms with Crippen molar-refractivity contribution in [2.24, 2.45) is 0 Å². The van der Waals surface area contributed by atoms with E-state index < -0.39 is 24.0 Å². The minimum Gasteiger partial charge on any atom is -0.502 e. The van der Waals surface area contributed by atoms with Gasteiger partial charge in [-0.2, -0.15) is 0 Å². The fourth-order valence-corrected chi connectivity index (χ4v) is 6.60. The second-order valence-electron chi connectivity index (χ2n) is 15.8. The molecule has 1 N–H and O–H groups in total. The Balaban J connectivity index is 1.88. The van der Waals surface area contributed by atoms with Crippen LogP contribution >= 0.6 is 0 Å². The van der Waals surface area contributed by atoms with Crippen LogP contribution in [0, 0.1) is 5.82 Å². The molecule has 0 saturated carbocycles. The average Bonchev–Trinajstić information content (AvgIpc) is 3.26. The first-order valence-electron chi connectivity index (χ1n) is 23.4. The molecule has 11 nitrogen and oxygen atoms in total. The molecular formula is C50H73FO11. The van der Waals surface area contributed by atoms with Crippen molar-refractivity contribution >= 4 is 5.97 Å². The molecule has 3 aromatic rings. The van der Waals surface area contributed by atoms with E-state index in [1.807, 2.05) is 32.9 Å². The predicted molar refractivity (Wildman–Crippen MR) is 240 cm³/mol. The van der Waals surface area contributed by atoms with Gasteiger partial charge in [-0.05, 0) is 57.1 Å². The molecule has 1 heterocycles. The van der Waals surface area contributed by atoms with Crippen molar-refractivity contribution in [3.05, 3.63) is 52.8 Å². The summed E-state index contributed by atoms with van der Waals surface area (Å²) in [4.78, 5) is 14.6. The van der Waals surface area contributed by atoms with Crippen molar-refractivity contribution in [1.82, 2.24) is 0 Å². The number of benzene rings is 3. The van der Waals surface area contributed by atoms with E-state index in [4.69, 9.17) is 42.6 Å². The summed E-state index contributed by atoms with van der Waals surface area (Å²) >= 11 is 0. The van der Waals surface area contributed by atoms with Gasteiger partial charge in [-0.15, -0.1) is 0 Å². The SMILES string of the molecule is CCCCOc1cc(OCCCC)c2c(c1)O[C@@H](c1cc(OCCCC)c(O)c(OCCCC)c1)[C@H](OC(=O)c1cc(OCCCC)c(OCCCC)c(OCCCC)c1F)C2. The number of hydrogen-bond donors (Lipinski definition) is 1. The first-order chi connectivity index (χ1) is 30.2. The zero-order valence-electron chi connectivity index (χ0n) is 38.5. The molecule has 4 rings (SSSR count). The van der Waals surface area contributed by atoms with Crippen LogP contribution in [0.3, 0.4) is 0 Å². The topological polar surface area (TPSA) is 120 Å². The number of aromatic hydroxyl groups is 1. The van der Waals surface area contributed by atoms with Crippen LogP contribution in [0.4, 0.5) is 4.39 Å². The Morgan fingerprint density at radius 3 is 1.55 bits per heavy atom. The molecule has 0 amide bonds. The molecule has 346 valence electrons. The number of phenolic OH excluding ortho intramolecular Hbond substituents is 1. The van der Waals surface area contributed by atoms with Crippen molar-refractivity contribution in [2.75, 3.05) is 46.2 Å². The maximum atomic E-state index is 16.9. The molecule has 0 saturated heterocycles. The molecule has 0 bridgehead atoms. The number of carbonyl (C=O) groups is 1. The molecule has 1 aliphatic heterocycles. The van der Waals surface area contributed by atoms with E-state index in [1.165, 1.54) is 6.07 Å². The lowest BCUT2D eigenvalue weighted by Crippen LogP contribution is -2.35.